The molecule has 0 N–H and O–H groups in total. The highest BCUT2D eigenvalue weighted by atomic mass is 35.5. The summed E-state index contributed by atoms with van der Waals surface area (Å²) in [5, 5.41) is 4.30. The van der Waals surface area contributed by atoms with Crippen LogP contribution in [0.1, 0.15) is 35.4 Å². The molecule has 0 unspecified atom stereocenters. The third kappa shape index (κ3) is 5.21. The van der Waals surface area contributed by atoms with Crippen LogP contribution in [0.5, 0.6) is 0 Å². The van der Waals surface area contributed by atoms with E-state index in [-0.39, 0.29) is 5.60 Å². The van der Waals surface area contributed by atoms with Gasteiger partial charge in [-0.05, 0) is 42.7 Å². The largest absolute Gasteiger partial charge is 0.370 e. The minimum absolute atomic E-state index is 0.199. The van der Waals surface area contributed by atoms with Crippen molar-refractivity contribution in [1.29, 1.82) is 0 Å². The normalized spacial score (nSPS) is 15.0. The number of fused-ring (bicyclic) bond motifs is 3. The standard InChI is InChI=1S/C25H22Cl2N2OS3/c1-25(2)11-16-20(12-30-25)33-23-21(16)22(31-14-17-18(26)9-6-10-19(17)27)28-24(29-23)32-13-15-7-4-3-5-8-15/h3-10H,11-14H2,1-2H3. The van der Waals surface area contributed by atoms with Gasteiger partial charge in [0.1, 0.15) is 9.86 Å². The monoisotopic (exact) mass is 532 g/mol. The molecule has 2 aromatic carbocycles. The van der Waals surface area contributed by atoms with Gasteiger partial charge in [0.2, 0.25) is 0 Å². The van der Waals surface area contributed by atoms with Gasteiger partial charge in [-0.1, -0.05) is 71.4 Å². The third-order valence-electron chi connectivity index (χ3n) is 5.50. The van der Waals surface area contributed by atoms with Crippen LogP contribution >= 0.6 is 58.1 Å². The van der Waals surface area contributed by atoms with Gasteiger partial charge in [-0.2, -0.15) is 0 Å². The lowest BCUT2D eigenvalue weighted by Gasteiger charge is -2.30. The minimum Gasteiger partial charge on any atom is -0.370 e. The smallest absolute Gasteiger partial charge is 0.190 e. The summed E-state index contributed by atoms with van der Waals surface area (Å²) < 4.78 is 6.07. The van der Waals surface area contributed by atoms with Crippen LogP contribution in [0.4, 0.5) is 0 Å². The molecule has 4 aromatic rings. The number of thioether (sulfide) groups is 2. The second-order valence-electron chi connectivity index (χ2n) is 8.48. The lowest BCUT2D eigenvalue weighted by atomic mass is 9.95. The summed E-state index contributed by atoms with van der Waals surface area (Å²) in [6.45, 7) is 4.90. The molecular weight excluding hydrogens is 511 g/mol. The fourth-order valence-corrected chi connectivity index (χ4v) is 7.67. The first-order chi connectivity index (χ1) is 15.9. The molecule has 170 valence electrons. The van der Waals surface area contributed by atoms with Gasteiger partial charge in [0.15, 0.2) is 5.16 Å². The van der Waals surface area contributed by atoms with Crippen molar-refractivity contribution < 1.29 is 4.74 Å². The number of rotatable bonds is 6. The maximum Gasteiger partial charge on any atom is 0.190 e. The van der Waals surface area contributed by atoms with Crippen LogP contribution in [0.3, 0.4) is 0 Å². The summed E-state index contributed by atoms with van der Waals surface area (Å²) in [6, 6.07) is 16.0. The Bertz CT molecular complexity index is 1290. The average Bonchev–Trinajstić information content (AvgIpc) is 3.14. The van der Waals surface area contributed by atoms with E-state index in [9.17, 15) is 0 Å². The zero-order valence-electron chi connectivity index (χ0n) is 18.2. The highest BCUT2D eigenvalue weighted by Gasteiger charge is 2.31. The van der Waals surface area contributed by atoms with Gasteiger partial charge >= 0.3 is 0 Å². The third-order valence-corrected chi connectivity index (χ3v) is 9.23. The number of thiophene rings is 1. The predicted octanol–water partition coefficient (Wildman–Crippen LogP) is 8.43. The maximum atomic E-state index is 6.45. The van der Waals surface area contributed by atoms with Crippen molar-refractivity contribution in [2.24, 2.45) is 0 Å². The summed E-state index contributed by atoms with van der Waals surface area (Å²) in [5.41, 5.74) is 3.31. The van der Waals surface area contributed by atoms with Gasteiger partial charge in [-0.3, -0.25) is 0 Å². The highest BCUT2D eigenvalue weighted by molar-refractivity contribution is 7.99. The van der Waals surface area contributed by atoms with E-state index in [4.69, 9.17) is 37.9 Å². The number of nitrogens with zero attached hydrogens (tertiary/aromatic N) is 2. The van der Waals surface area contributed by atoms with Gasteiger partial charge in [-0.25, -0.2) is 9.97 Å². The first kappa shape index (κ1) is 23.5. The summed E-state index contributed by atoms with van der Waals surface area (Å²) in [6.07, 6.45) is 0.850. The fourth-order valence-electron chi connectivity index (χ4n) is 3.79. The van der Waals surface area contributed by atoms with E-state index < -0.39 is 0 Å². The van der Waals surface area contributed by atoms with Gasteiger partial charge in [0.05, 0.1) is 12.2 Å². The van der Waals surface area contributed by atoms with Crippen molar-refractivity contribution in [3.63, 3.8) is 0 Å². The van der Waals surface area contributed by atoms with Gasteiger partial charge in [0.25, 0.3) is 0 Å². The molecule has 1 aliphatic heterocycles. The lowest BCUT2D eigenvalue weighted by Crippen LogP contribution is -2.31. The number of benzene rings is 2. The second-order valence-corrected chi connectivity index (χ2v) is 12.3. The number of hydrogen-bond donors (Lipinski definition) is 0. The molecule has 0 radical (unpaired) electrons. The van der Waals surface area contributed by atoms with Crippen LogP contribution in [-0.2, 0) is 29.3 Å². The number of halogens is 2. The Labute approximate surface area is 216 Å². The molecule has 0 fully saturated rings. The van der Waals surface area contributed by atoms with Crippen molar-refractivity contribution in [1.82, 2.24) is 9.97 Å². The van der Waals surface area contributed by atoms with E-state index in [1.165, 1.54) is 16.0 Å². The first-order valence-electron chi connectivity index (χ1n) is 10.6. The van der Waals surface area contributed by atoms with Crippen LogP contribution in [0, 0.1) is 0 Å². The Balaban J connectivity index is 1.52. The molecule has 3 nitrogen and oxygen atoms in total. The van der Waals surface area contributed by atoms with E-state index >= 15 is 0 Å². The van der Waals surface area contributed by atoms with Crippen LogP contribution in [-0.4, -0.2) is 15.6 Å². The molecule has 0 aliphatic carbocycles. The Hall–Kier alpha value is -1.28. The highest BCUT2D eigenvalue weighted by Crippen LogP contribution is 2.43. The number of hydrogen-bond acceptors (Lipinski definition) is 6. The molecule has 0 saturated heterocycles. The fraction of sp³-hybridized carbons (Fsp3) is 0.280. The molecule has 5 rings (SSSR count). The maximum absolute atomic E-state index is 6.45. The van der Waals surface area contributed by atoms with Gasteiger partial charge in [-0.15, -0.1) is 23.1 Å². The van der Waals surface area contributed by atoms with Crippen molar-refractivity contribution in [3.8, 4) is 0 Å². The molecule has 0 atom stereocenters. The number of ether oxygens (including phenoxy) is 1. The predicted molar refractivity (Wildman–Crippen MR) is 142 cm³/mol. The molecule has 0 amide bonds. The molecule has 8 heteroatoms. The summed E-state index contributed by atoms with van der Waals surface area (Å²) >= 11 is 18.0. The van der Waals surface area contributed by atoms with Crippen molar-refractivity contribution in [3.05, 3.63) is 80.1 Å². The molecule has 2 aromatic heterocycles. The lowest BCUT2D eigenvalue weighted by molar-refractivity contribution is -0.0379. The van der Waals surface area contributed by atoms with E-state index in [1.54, 1.807) is 34.9 Å². The molecule has 33 heavy (non-hydrogen) atoms. The van der Waals surface area contributed by atoms with Gasteiger partial charge < -0.3 is 4.74 Å². The first-order valence-corrected chi connectivity index (χ1v) is 14.1. The SMILES string of the molecule is CC1(C)Cc2c(sc3nc(SCc4ccccc4)nc(SCc4c(Cl)cccc4Cl)c23)CO1. The summed E-state index contributed by atoms with van der Waals surface area (Å²) in [4.78, 5) is 12.2. The van der Waals surface area contributed by atoms with Crippen LogP contribution in [0.15, 0.2) is 58.7 Å². The molecule has 3 heterocycles. The zero-order chi connectivity index (χ0) is 23.0. The Morgan fingerprint density at radius 1 is 0.970 bits per heavy atom. The molecule has 0 spiro atoms. The Morgan fingerprint density at radius 2 is 1.73 bits per heavy atom. The van der Waals surface area contributed by atoms with Crippen LogP contribution < -0.4 is 0 Å². The topological polar surface area (TPSA) is 35.0 Å². The van der Waals surface area contributed by atoms with Gasteiger partial charge in [0, 0.05) is 38.2 Å². The van der Waals surface area contributed by atoms with Crippen molar-refractivity contribution >= 4 is 68.3 Å². The Morgan fingerprint density at radius 3 is 2.48 bits per heavy atom. The number of aromatic nitrogens is 2. The quantitative estimate of drug-likeness (QED) is 0.141. The van der Waals surface area contributed by atoms with E-state index in [0.717, 1.165) is 38.1 Å². The Kier molecular flexibility index (Phi) is 6.94. The molecule has 0 bridgehead atoms. The van der Waals surface area contributed by atoms with E-state index in [1.807, 2.05) is 24.3 Å². The second kappa shape index (κ2) is 9.76. The van der Waals surface area contributed by atoms with E-state index in [2.05, 4.69) is 38.1 Å². The molecule has 1 aliphatic rings. The van der Waals surface area contributed by atoms with Crippen LogP contribution in [0.2, 0.25) is 10.0 Å². The molecular formula is C25H22Cl2N2OS3. The zero-order valence-corrected chi connectivity index (χ0v) is 22.2. The average molecular weight is 534 g/mol. The van der Waals surface area contributed by atoms with E-state index in [0.29, 0.717) is 22.4 Å². The van der Waals surface area contributed by atoms with Crippen molar-refractivity contribution in [2.45, 2.75) is 54.2 Å². The van der Waals surface area contributed by atoms with Crippen LogP contribution in [0.25, 0.3) is 10.2 Å². The molecule has 0 saturated carbocycles. The minimum atomic E-state index is -0.199. The summed E-state index contributed by atoms with van der Waals surface area (Å²) in [5.74, 6) is 1.48. The van der Waals surface area contributed by atoms with Crippen molar-refractivity contribution in [2.75, 3.05) is 0 Å². The summed E-state index contributed by atoms with van der Waals surface area (Å²) in [7, 11) is 0.